The molecular weight excluding hydrogens is 895 g/mol. The van der Waals surface area contributed by atoms with Crippen molar-refractivity contribution >= 4 is 5.78 Å². The van der Waals surface area contributed by atoms with Gasteiger partial charge in [-0.3, -0.25) is 4.79 Å². The van der Waals surface area contributed by atoms with Crippen LogP contribution in [0.2, 0.25) is 0 Å². The number of fused-ring (bicyclic) bond motifs is 5. The molecule has 22 atom stereocenters. The van der Waals surface area contributed by atoms with Crippen molar-refractivity contribution in [1.82, 2.24) is 10.6 Å². The lowest BCUT2D eigenvalue weighted by Crippen LogP contribution is -2.78. The van der Waals surface area contributed by atoms with E-state index in [1.165, 1.54) is 0 Å². The summed E-state index contributed by atoms with van der Waals surface area (Å²) in [5.41, 5.74) is -1.78. The average Bonchev–Trinajstić information content (AvgIpc) is 3.71. The Morgan fingerprint density at radius 1 is 0.957 bits per heavy atom. The Morgan fingerprint density at radius 3 is 2.44 bits per heavy atom. The van der Waals surface area contributed by atoms with E-state index in [-0.39, 0.29) is 86.7 Å². The molecule has 0 radical (unpaired) electrons. The first-order chi connectivity index (χ1) is 33.3. The topological polar surface area (TPSA) is 279 Å². The molecule has 0 aromatic heterocycles. The van der Waals surface area contributed by atoms with Crippen LogP contribution in [0.3, 0.4) is 0 Å². The van der Waals surface area contributed by atoms with Gasteiger partial charge in [0.05, 0.1) is 65.8 Å². The number of carbonyl (C=O) groups is 1. The van der Waals surface area contributed by atoms with Crippen molar-refractivity contribution in [1.29, 1.82) is 0 Å². The second kappa shape index (κ2) is 18.5. The zero-order valence-electron chi connectivity index (χ0n) is 41.8. The van der Waals surface area contributed by atoms with E-state index in [1.807, 2.05) is 18.2 Å². The molecule has 2 spiro atoms. The predicted molar refractivity (Wildman–Crippen MR) is 260 cm³/mol. The SMILES string of the molecule is CCC[C@@H]1CC[C@H]2[C@H]3[C@@H](O[C@@H]2CC1)[C@@](O)([C@](C)(O)[C@H]1CC[C@@]2(O)C4=C(NC[C@H](C)O)C(=O)[C@@H]5[C@H]6CC[C@H]7[C@H](C8=C(CCCO)NC(N)C=C8)C=C[C@]4([C@H](O)C[C@]12CCO)[C@@]57C[C@H](O)[C@@H]6O)CCC[C@@H]3O. The average molecular weight is 980 g/mol. The van der Waals surface area contributed by atoms with E-state index < -0.39 is 112 Å². The minimum absolute atomic E-state index is 0.000773. The third-order valence-corrected chi connectivity index (χ3v) is 21.5. The molecule has 70 heavy (non-hydrogen) atoms. The number of ether oxygens (including phenoxy) is 1. The second-order valence-corrected chi connectivity index (χ2v) is 24.5. The second-order valence-electron chi connectivity index (χ2n) is 24.5. The van der Waals surface area contributed by atoms with E-state index >= 15 is 4.79 Å². The van der Waals surface area contributed by atoms with Crippen molar-refractivity contribution in [3.05, 3.63) is 46.8 Å². The number of allylic oxidation sites excluding steroid dienone is 5. The number of hydrogen-bond donors (Lipinski definition) is 13. The molecule has 15 nitrogen and oxygen atoms in total. The van der Waals surface area contributed by atoms with E-state index in [2.05, 4.69) is 23.6 Å². The Labute approximate surface area is 413 Å². The molecule has 8 aliphatic carbocycles. The molecular formula is C55H85N3O12. The highest BCUT2D eigenvalue weighted by molar-refractivity contribution is 6.01. The molecule has 7 fully saturated rings. The lowest BCUT2D eigenvalue weighted by atomic mass is 9.29. The summed E-state index contributed by atoms with van der Waals surface area (Å²) in [5, 5.41) is 130. The van der Waals surface area contributed by atoms with Crippen molar-refractivity contribution in [3.8, 4) is 0 Å². The van der Waals surface area contributed by atoms with Gasteiger partial charge in [0.25, 0.3) is 0 Å². The highest BCUT2D eigenvalue weighted by Gasteiger charge is 2.83. The van der Waals surface area contributed by atoms with Crippen LogP contribution in [-0.4, -0.2) is 142 Å². The summed E-state index contributed by atoms with van der Waals surface area (Å²) in [5.74, 6) is -3.55. The summed E-state index contributed by atoms with van der Waals surface area (Å²) in [6.07, 6.45) is 9.46. The van der Waals surface area contributed by atoms with Gasteiger partial charge in [0.1, 0.15) is 5.60 Å². The van der Waals surface area contributed by atoms with Crippen LogP contribution < -0.4 is 16.4 Å². The Bertz CT molecular complexity index is 2130. The van der Waals surface area contributed by atoms with Crippen molar-refractivity contribution in [2.75, 3.05) is 19.8 Å². The van der Waals surface area contributed by atoms with E-state index in [9.17, 15) is 51.1 Å². The number of dihydropyridines is 1. The Hall–Kier alpha value is -2.25. The van der Waals surface area contributed by atoms with Gasteiger partial charge in [-0.2, -0.15) is 0 Å². The van der Waals surface area contributed by atoms with Crippen molar-refractivity contribution in [2.24, 2.45) is 69.3 Å². The third kappa shape index (κ3) is 7.05. The lowest BCUT2D eigenvalue weighted by molar-refractivity contribution is -0.277. The lowest BCUT2D eigenvalue weighted by Gasteiger charge is -2.74. The van der Waals surface area contributed by atoms with Crippen LogP contribution in [0.15, 0.2) is 46.8 Å². The molecule has 2 bridgehead atoms. The standard InChI is InChI=1S/C55H85N3O12/c1-4-7-30-10-12-33-39(16-11-30)70-49-43(33)37(62)9-5-20-55(49,69)50(3,67)40-19-22-54(68)48-45(57-28-29(2)61)47(66)44-34-13-15-35-31(32-14-17-42(56)58-36(32)8-6-24-59)18-21-52(48,41(64)27-51(40,54)23-25-60)53(35,44)26-38(63)46(34)65/h14,17-18,21,29-31,33-35,37-44,46,49,57-65,67-69H,4-13,15-16,19-20,22-28,56H2,1-3H3/t29-,30+,31-,33+,34+,35-,37-,38-,39+,40+,41+,42?,43+,44-,46+,49+,50+,51+,52+,53+,54+,55+/m0/s1. The largest absolute Gasteiger partial charge is 0.396 e. The molecule has 0 aromatic carbocycles. The fraction of sp³-hybridized carbons (Fsp3) is 0.836. The maximum absolute atomic E-state index is 16.0. The smallest absolute Gasteiger partial charge is 0.182 e. The van der Waals surface area contributed by atoms with Gasteiger partial charge in [0.2, 0.25) is 0 Å². The maximum Gasteiger partial charge on any atom is 0.182 e. The van der Waals surface area contributed by atoms with Gasteiger partial charge < -0.3 is 72.2 Å². The molecule has 2 heterocycles. The van der Waals surface area contributed by atoms with Gasteiger partial charge in [-0.1, -0.05) is 44.4 Å². The number of aliphatic hydroxyl groups is 10. The summed E-state index contributed by atoms with van der Waals surface area (Å²) >= 11 is 0. The van der Waals surface area contributed by atoms with Gasteiger partial charge in [0, 0.05) is 65.0 Å². The molecule has 0 amide bonds. The van der Waals surface area contributed by atoms with Gasteiger partial charge >= 0.3 is 0 Å². The van der Waals surface area contributed by atoms with Crippen LogP contribution in [0.1, 0.15) is 136 Å². The van der Waals surface area contributed by atoms with Crippen LogP contribution >= 0.6 is 0 Å². The fourth-order valence-corrected chi connectivity index (χ4v) is 18.8. The van der Waals surface area contributed by atoms with Crippen molar-refractivity contribution in [2.45, 2.75) is 202 Å². The number of hydrogen-bond acceptors (Lipinski definition) is 15. The van der Waals surface area contributed by atoms with Gasteiger partial charge in [-0.15, -0.1) is 0 Å². The molecule has 1 saturated heterocycles. The first-order valence-corrected chi connectivity index (χ1v) is 27.4. The molecule has 14 N–H and O–H groups in total. The van der Waals surface area contributed by atoms with Crippen LogP contribution in [0.25, 0.3) is 0 Å². The molecule has 15 heteroatoms. The van der Waals surface area contributed by atoms with Crippen LogP contribution in [0.4, 0.5) is 0 Å². The molecule has 10 rings (SSSR count). The highest BCUT2D eigenvalue weighted by atomic mass is 16.5. The number of ketones is 1. The van der Waals surface area contributed by atoms with E-state index in [4.69, 9.17) is 10.5 Å². The van der Waals surface area contributed by atoms with Crippen LogP contribution in [0.5, 0.6) is 0 Å². The first-order valence-electron chi connectivity index (χ1n) is 27.4. The number of carbonyl (C=O) groups excluding carboxylic acids is 1. The fourth-order valence-electron chi connectivity index (χ4n) is 18.8. The van der Waals surface area contributed by atoms with E-state index in [0.29, 0.717) is 44.4 Å². The summed E-state index contributed by atoms with van der Waals surface area (Å²) in [7, 11) is 0. The predicted octanol–water partition coefficient (Wildman–Crippen LogP) is 2.48. The Kier molecular flexibility index (Phi) is 13.6. The van der Waals surface area contributed by atoms with Crippen molar-refractivity contribution in [3.63, 3.8) is 0 Å². The molecule has 392 valence electrons. The first kappa shape index (κ1) is 51.2. The third-order valence-electron chi connectivity index (χ3n) is 21.5. The maximum atomic E-state index is 16.0. The number of aliphatic hydroxyl groups excluding tert-OH is 7. The number of Topliss-reactive ketones (excluding diaryl/α,β-unsaturated/α-hetero) is 1. The van der Waals surface area contributed by atoms with Gasteiger partial charge in [-0.05, 0) is 151 Å². The molecule has 1 unspecified atom stereocenters. The Morgan fingerprint density at radius 2 is 1.71 bits per heavy atom. The van der Waals surface area contributed by atoms with Gasteiger partial charge in [0.15, 0.2) is 5.78 Å². The molecule has 2 aliphatic heterocycles. The van der Waals surface area contributed by atoms with Crippen molar-refractivity contribution < 1.29 is 60.6 Å². The number of nitrogens with two attached hydrogens (primary N) is 1. The summed E-state index contributed by atoms with van der Waals surface area (Å²) in [6, 6.07) is 0. The molecule has 10 aliphatic rings. The monoisotopic (exact) mass is 980 g/mol. The quantitative estimate of drug-likeness (QED) is 0.118. The van der Waals surface area contributed by atoms with Crippen LogP contribution in [-0.2, 0) is 9.53 Å². The normalized spacial score (nSPS) is 49.6. The van der Waals surface area contributed by atoms with E-state index in [0.717, 1.165) is 49.8 Å². The minimum Gasteiger partial charge on any atom is -0.396 e. The van der Waals surface area contributed by atoms with Gasteiger partial charge in [-0.25, -0.2) is 0 Å². The zero-order chi connectivity index (χ0) is 49.9. The highest BCUT2D eigenvalue weighted by Crippen LogP contribution is 2.80. The minimum atomic E-state index is -2.01. The number of rotatable bonds is 13. The Balaban J connectivity index is 1.14. The van der Waals surface area contributed by atoms with Crippen LogP contribution in [0, 0.1) is 63.6 Å². The molecule has 6 saturated carbocycles. The summed E-state index contributed by atoms with van der Waals surface area (Å²) in [6.45, 7) is 4.86. The van der Waals surface area contributed by atoms with E-state index in [1.54, 1.807) is 13.8 Å². The summed E-state index contributed by atoms with van der Waals surface area (Å²) < 4.78 is 7.00. The summed E-state index contributed by atoms with van der Waals surface area (Å²) in [4.78, 5) is 16.0. The molecule has 0 aromatic rings. The number of nitrogens with one attached hydrogen (secondary N) is 2. The zero-order valence-corrected chi connectivity index (χ0v) is 41.8.